The predicted octanol–water partition coefficient (Wildman–Crippen LogP) is 2.40. The van der Waals surface area contributed by atoms with Gasteiger partial charge in [0.2, 0.25) is 0 Å². The van der Waals surface area contributed by atoms with Crippen LogP contribution in [0.15, 0.2) is 24.3 Å². The zero-order valence-corrected chi connectivity index (χ0v) is 9.11. The van der Waals surface area contributed by atoms with E-state index >= 15 is 0 Å². The fourth-order valence-corrected chi connectivity index (χ4v) is 1.44. The van der Waals surface area contributed by atoms with E-state index in [0.29, 0.717) is 6.42 Å². The topological polar surface area (TPSA) is 53.0 Å². The van der Waals surface area contributed by atoms with Crippen LogP contribution in [-0.2, 0) is 0 Å². The first-order chi connectivity index (χ1) is 7.24. The summed E-state index contributed by atoms with van der Waals surface area (Å²) < 4.78 is 0. The first kappa shape index (κ1) is 11.4. The molecule has 0 atom stereocenters. The van der Waals surface area contributed by atoms with Gasteiger partial charge in [-0.15, -0.1) is 0 Å². The molecule has 0 aliphatic heterocycles. The Bertz CT molecular complexity index is 341. The Morgan fingerprint density at radius 1 is 1.40 bits per heavy atom. The molecule has 1 rings (SSSR count). The van der Waals surface area contributed by atoms with Crippen molar-refractivity contribution < 1.29 is 0 Å². The first-order valence-electron chi connectivity index (χ1n) is 5.17. The summed E-state index contributed by atoms with van der Waals surface area (Å²) in [6, 6.07) is 9.99. The average molecular weight is 203 g/mol. The summed E-state index contributed by atoms with van der Waals surface area (Å²) in [6.07, 6.45) is 2.65. The number of unbranched alkanes of at least 4 members (excludes halogenated alkanes) is 2. The van der Waals surface area contributed by atoms with Gasteiger partial charge in [-0.05, 0) is 31.0 Å². The highest BCUT2D eigenvalue weighted by atomic mass is 15.1. The monoisotopic (exact) mass is 203 g/mol. The van der Waals surface area contributed by atoms with Crippen LogP contribution in [0.2, 0.25) is 0 Å². The minimum atomic E-state index is 0.644. The van der Waals surface area contributed by atoms with Gasteiger partial charge in [-0.25, -0.2) is 0 Å². The molecule has 0 unspecified atom stereocenters. The van der Waals surface area contributed by atoms with Gasteiger partial charge < -0.3 is 10.6 Å². The van der Waals surface area contributed by atoms with Crippen molar-refractivity contribution in [2.24, 2.45) is 0 Å². The van der Waals surface area contributed by atoms with Crippen LogP contribution in [0.4, 0.5) is 11.4 Å². The lowest BCUT2D eigenvalue weighted by Gasteiger charge is -2.19. The standard InChI is InChI=1S/C12H17N3/c1-15(9-4-2-3-8-13)12-7-5-6-11(14)10-12/h5-7,10H,2-4,9,14H2,1H3. The largest absolute Gasteiger partial charge is 0.399 e. The number of hydrogen-bond donors (Lipinski definition) is 1. The number of nitrogens with two attached hydrogens (primary N) is 1. The zero-order chi connectivity index (χ0) is 11.1. The van der Waals surface area contributed by atoms with Crippen LogP contribution < -0.4 is 10.6 Å². The summed E-state index contributed by atoms with van der Waals surface area (Å²) in [6.45, 7) is 0.963. The third-order valence-corrected chi connectivity index (χ3v) is 2.34. The molecule has 3 heteroatoms. The number of benzene rings is 1. The molecule has 2 N–H and O–H groups in total. The van der Waals surface area contributed by atoms with Crippen LogP contribution in [0.25, 0.3) is 0 Å². The summed E-state index contributed by atoms with van der Waals surface area (Å²) in [5.41, 5.74) is 7.62. The Morgan fingerprint density at radius 3 is 2.87 bits per heavy atom. The van der Waals surface area contributed by atoms with E-state index in [9.17, 15) is 0 Å². The summed E-state index contributed by atoms with van der Waals surface area (Å²) in [5, 5.41) is 8.40. The molecule has 0 heterocycles. The number of hydrogen-bond acceptors (Lipinski definition) is 3. The fraction of sp³-hybridized carbons (Fsp3) is 0.417. The van der Waals surface area contributed by atoms with Crippen LogP contribution in [-0.4, -0.2) is 13.6 Å². The van der Waals surface area contributed by atoms with Gasteiger partial charge in [0.05, 0.1) is 6.07 Å². The minimum absolute atomic E-state index is 0.644. The number of nitrogens with zero attached hydrogens (tertiary/aromatic N) is 2. The van der Waals surface area contributed by atoms with E-state index in [1.807, 2.05) is 31.3 Å². The van der Waals surface area contributed by atoms with Gasteiger partial charge in [0.15, 0.2) is 0 Å². The Labute approximate surface area is 91.1 Å². The summed E-state index contributed by atoms with van der Waals surface area (Å²) in [7, 11) is 2.04. The van der Waals surface area contributed by atoms with Crippen molar-refractivity contribution in [2.45, 2.75) is 19.3 Å². The van der Waals surface area contributed by atoms with Crippen molar-refractivity contribution >= 4 is 11.4 Å². The third kappa shape index (κ3) is 3.90. The maximum atomic E-state index is 8.40. The van der Waals surface area contributed by atoms with E-state index in [0.717, 1.165) is 30.8 Å². The third-order valence-electron chi connectivity index (χ3n) is 2.34. The quantitative estimate of drug-likeness (QED) is 0.590. The molecular formula is C12H17N3. The van der Waals surface area contributed by atoms with Crippen molar-refractivity contribution in [1.29, 1.82) is 5.26 Å². The smallest absolute Gasteiger partial charge is 0.0621 e. The molecule has 0 spiro atoms. The Kier molecular flexibility index (Phi) is 4.49. The number of anilines is 2. The highest BCUT2D eigenvalue weighted by molar-refractivity contribution is 5.55. The molecule has 80 valence electrons. The van der Waals surface area contributed by atoms with Crippen molar-refractivity contribution in [3.05, 3.63) is 24.3 Å². The molecule has 1 aromatic carbocycles. The second-order valence-electron chi connectivity index (χ2n) is 3.63. The summed E-state index contributed by atoms with van der Waals surface area (Å²) >= 11 is 0. The van der Waals surface area contributed by atoms with Crippen LogP contribution >= 0.6 is 0 Å². The molecule has 0 saturated carbocycles. The lowest BCUT2D eigenvalue weighted by Crippen LogP contribution is -2.18. The Balaban J connectivity index is 2.40. The van der Waals surface area contributed by atoms with Gasteiger partial charge in [0, 0.05) is 31.4 Å². The average Bonchev–Trinajstić information content (AvgIpc) is 2.24. The Hall–Kier alpha value is -1.69. The molecular weight excluding hydrogens is 186 g/mol. The summed E-state index contributed by atoms with van der Waals surface area (Å²) in [5.74, 6) is 0. The molecule has 0 aliphatic carbocycles. The molecule has 0 fully saturated rings. The van der Waals surface area contributed by atoms with Gasteiger partial charge in [-0.3, -0.25) is 0 Å². The highest BCUT2D eigenvalue weighted by Crippen LogP contribution is 2.16. The fourth-order valence-electron chi connectivity index (χ4n) is 1.44. The SMILES string of the molecule is CN(CCCCC#N)c1cccc(N)c1. The normalized spacial score (nSPS) is 9.60. The van der Waals surface area contributed by atoms with E-state index in [-0.39, 0.29) is 0 Å². The summed E-state index contributed by atoms with van der Waals surface area (Å²) in [4.78, 5) is 2.16. The molecule has 0 bridgehead atoms. The highest BCUT2D eigenvalue weighted by Gasteiger charge is 2.00. The van der Waals surface area contributed by atoms with Crippen LogP contribution in [0.1, 0.15) is 19.3 Å². The van der Waals surface area contributed by atoms with E-state index in [1.165, 1.54) is 0 Å². The molecule has 0 radical (unpaired) electrons. The lowest BCUT2D eigenvalue weighted by molar-refractivity contribution is 0.734. The van der Waals surface area contributed by atoms with Crippen LogP contribution in [0.3, 0.4) is 0 Å². The van der Waals surface area contributed by atoms with E-state index in [1.54, 1.807) is 0 Å². The second-order valence-corrected chi connectivity index (χ2v) is 3.63. The van der Waals surface area contributed by atoms with E-state index in [4.69, 9.17) is 11.0 Å². The van der Waals surface area contributed by atoms with Gasteiger partial charge in [-0.2, -0.15) is 5.26 Å². The minimum Gasteiger partial charge on any atom is -0.399 e. The molecule has 1 aromatic rings. The Morgan fingerprint density at radius 2 is 2.20 bits per heavy atom. The maximum absolute atomic E-state index is 8.40. The van der Waals surface area contributed by atoms with Gasteiger partial charge in [0.25, 0.3) is 0 Å². The molecule has 0 amide bonds. The zero-order valence-electron chi connectivity index (χ0n) is 9.11. The van der Waals surface area contributed by atoms with Crippen molar-refractivity contribution in [3.63, 3.8) is 0 Å². The molecule has 0 aliphatic rings. The molecule has 15 heavy (non-hydrogen) atoms. The predicted molar refractivity (Wildman–Crippen MR) is 63.6 cm³/mol. The number of rotatable bonds is 5. The second kappa shape index (κ2) is 5.92. The van der Waals surface area contributed by atoms with Crippen molar-refractivity contribution in [1.82, 2.24) is 0 Å². The molecule has 3 nitrogen and oxygen atoms in total. The molecule has 0 aromatic heterocycles. The lowest BCUT2D eigenvalue weighted by atomic mass is 10.2. The van der Waals surface area contributed by atoms with Gasteiger partial charge >= 0.3 is 0 Å². The maximum Gasteiger partial charge on any atom is 0.0621 e. The van der Waals surface area contributed by atoms with E-state index in [2.05, 4.69) is 11.0 Å². The van der Waals surface area contributed by atoms with E-state index < -0.39 is 0 Å². The van der Waals surface area contributed by atoms with Crippen molar-refractivity contribution in [2.75, 3.05) is 24.2 Å². The number of nitrogen functional groups attached to an aromatic ring is 1. The van der Waals surface area contributed by atoms with Crippen LogP contribution in [0.5, 0.6) is 0 Å². The van der Waals surface area contributed by atoms with Gasteiger partial charge in [-0.1, -0.05) is 6.07 Å². The first-order valence-corrected chi connectivity index (χ1v) is 5.17. The number of nitriles is 1. The van der Waals surface area contributed by atoms with Crippen molar-refractivity contribution in [3.8, 4) is 6.07 Å². The van der Waals surface area contributed by atoms with Gasteiger partial charge in [0.1, 0.15) is 0 Å². The van der Waals surface area contributed by atoms with Crippen LogP contribution in [0, 0.1) is 11.3 Å². The molecule has 0 saturated heterocycles.